The lowest BCUT2D eigenvalue weighted by atomic mass is 9.87. The summed E-state index contributed by atoms with van der Waals surface area (Å²) in [5, 5.41) is 3.82. The number of rotatable bonds is 3. The molecule has 28 heavy (non-hydrogen) atoms. The lowest BCUT2D eigenvalue weighted by Crippen LogP contribution is -2.50. The quantitative estimate of drug-likeness (QED) is 0.784. The number of benzene rings is 1. The molecule has 1 fully saturated rings. The Morgan fingerprint density at radius 1 is 1.04 bits per heavy atom. The van der Waals surface area contributed by atoms with Gasteiger partial charge < -0.3 is 9.42 Å². The predicted molar refractivity (Wildman–Crippen MR) is 106 cm³/mol. The number of aryl methyl sites for hydroxylation is 2. The summed E-state index contributed by atoms with van der Waals surface area (Å²) in [4.78, 5) is 14.7. The zero-order valence-corrected chi connectivity index (χ0v) is 17.8. The Morgan fingerprint density at radius 2 is 1.61 bits per heavy atom. The van der Waals surface area contributed by atoms with Gasteiger partial charge in [0, 0.05) is 26.2 Å². The number of aromatic nitrogens is 1. The van der Waals surface area contributed by atoms with Crippen molar-refractivity contribution in [2.75, 3.05) is 26.2 Å². The van der Waals surface area contributed by atoms with Crippen LogP contribution in [0.15, 0.2) is 33.7 Å². The Kier molecular flexibility index (Phi) is 5.38. The Hall–Kier alpha value is -2.19. The molecule has 0 bridgehead atoms. The maximum Gasteiger partial charge on any atom is 0.259 e. The van der Waals surface area contributed by atoms with Gasteiger partial charge in [-0.2, -0.15) is 4.31 Å². The smallest absolute Gasteiger partial charge is 0.259 e. The Bertz CT molecular complexity index is 944. The summed E-state index contributed by atoms with van der Waals surface area (Å²) in [6.07, 6.45) is 0. The molecule has 2 aromatic rings. The summed E-state index contributed by atoms with van der Waals surface area (Å²) in [5.74, 6) is 0.319. The van der Waals surface area contributed by atoms with Crippen LogP contribution in [0.1, 0.15) is 48.1 Å². The topological polar surface area (TPSA) is 83.7 Å². The number of carbonyl (C=O) groups excluding carboxylic acids is 1. The van der Waals surface area contributed by atoms with Crippen molar-refractivity contribution < 1.29 is 17.7 Å². The normalized spacial score (nSPS) is 16.4. The first-order chi connectivity index (χ1) is 13.0. The summed E-state index contributed by atoms with van der Waals surface area (Å²) >= 11 is 0. The average Bonchev–Trinajstić information content (AvgIpc) is 2.99. The zero-order valence-electron chi connectivity index (χ0n) is 17.0. The third-order valence-electron chi connectivity index (χ3n) is 5.13. The van der Waals surface area contributed by atoms with E-state index in [1.54, 1.807) is 30.9 Å². The van der Waals surface area contributed by atoms with Gasteiger partial charge >= 0.3 is 0 Å². The highest BCUT2D eigenvalue weighted by molar-refractivity contribution is 7.89. The fraction of sp³-hybridized carbons (Fsp3) is 0.500. The minimum Gasteiger partial charge on any atom is -0.361 e. The lowest BCUT2D eigenvalue weighted by molar-refractivity contribution is 0.0695. The fourth-order valence-electron chi connectivity index (χ4n) is 3.35. The molecule has 7 nitrogen and oxygen atoms in total. The van der Waals surface area contributed by atoms with Crippen LogP contribution in [0.3, 0.4) is 0 Å². The molecular formula is C20H27N3O4S. The maximum atomic E-state index is 13.0. The molecule has 0 atom stereocenters. The molecule has 1 aromatic carbocycles. The zero-order chi connectivity index (χ0) is 20.7. The van der Waals surface area contributed by atoms with Crippen molar-refractivity contribution in [1.29, 1.82) is 0 Å². The van der Waals surface area contributed by atoms with Gasteiger partial charge in [0.25, 0.3) is 5.91 Å². The first-order valence-corrected chi connectivity index (χ1v) is 10.8. The van der Waals surface area contributed by atoms with Crippen molar-refractivity contribution in [3.05, 3.63) is 46.8 Å². The SMILES string of the molecule is Cc1noc(C)c1C(=O)N1CCN(S(=O)(=O)c2ccc(C(C)(C)C)cc2)CC1. The third kappa shape index (κ3) is 3.84. The molecule has 2 heterocycles. The lowest BCUT2D eigenvalue weighted by Gasteiger charge is -2.34. The molecule has 0 saturated carbocycles. The Labute approximate surface area is 166 Å². The van der Waals surface area contributed by atoms with E-state index in [9.17, 15) is 13.2 Å². The summed E-state index contributed by atoms with van der Waals surface area (Å²) in [6, 6.07) is 7.06. The van der Waals surface area contributed by atoms with Crippen LogP contribution in [-0.2, 0) is 15.4 Å². The number of piperazine rings is 1. The van der Waals surface area contributed by atoms with Gasteiger partial charge in [0.1, 0.15) is 11.3 Å². The molecule has 1 amide bonds. The Morgan fingerprint density at radius 3 is 2.07 bits per heavy atom. The van der Waals surface area contributed by atoms with Gasteiger partial charge in [-0.1, -0.05) is 38.1 Å². The van der Waals surface area contributed by atoms with Crippen molar-refractivity contribution in [1.82, 2.24) is 14.4 Å². The molecule has 1 saturated heterocycles. The minimum absolute atomic E-state index is 0.0352. The van der Waals surface area contributed by atoms with Crippen LogP contribution >= 0.6 is 0 Å². The summed E-state index contributed by atoms with van der Waals surface area (Å²) in [7, 11) is -3.58. The van der Waals surface area contributed by atoms with E-state index in [1.165, 1.54) is 4.31 Å². The minimum atomic E-state index is -3.58. The van der Waals surface area contributed by atoms with Crippen molar-refractivity contribution in [2.45, 2.75) is 44.9 Å². The van der Waals surface area contributed by atoms with Crippen LogP contribution in [0.4, 0.5) is 0 Å². The van der Waals surface area contributed by atoms with E-state index in [0.717, 1.165) is 5.56 Å². The van der Waals surface area contributed by atoms with Crippen molar-refractivity contribution in [3.63, 3.8) is 0 Å². The molecule has 3 rings (SSSR count). The molecule has 0 unspecified atom stereocenters. The van der Waals surface area contributed by atoms with E-state index in [4.69, 9.17) is 4.52 Å². The molecule has 1 aliphatic rings. The highest BCUT2D eigenvalue weighted by Gasteiger charge is 2.32. The van der Waals surface area contributed by atoms with Gasteiger partial charge in [0.15, 0.2) is 0 Å². The predicted octanol–water partition coefficient (Wildman–Crippen LogP) is 2.74. The van der Waals surface area contributed by atoms with Crippen LogP contribution in [0.5, 0.6) is 0 Å². The average molecular weight is 406 g/mol. The highest BCUT2D eigenvalue weighted by atomic mass is 32.2. The number of nitrogens with zero attached hydrogens (tertiary/aromatic N) is 3. The molecule has 0 aliphatic carbocycles. The molecule has 8 heteroatoms. The first-order valence-electron chi connectivity index (χ1n) is 9.34. The van der Waals surface area contributed by atoms with Gasteiger partial charge in [-0.25, -0.2) is 8.42 Å². The van der Waals surface area contributed by atoms with Crippen LogP contribution in [0, 0.1) is 13.8 Å². The summed E-state index contributed by atoms with van der Waals surface area (Å²) < 4.78 is 32.4. The fourth-order valence-corrected chi connectivity index (χ4v) is 4.78. The van der Waals surface area contributed by atoms with Crippen LogP contribution in [0.2, 0.25) is 0 Å². The van der Waals surface area contributed by atoms with Crippen LogP contribution in [0.25, 0.3) is 0 Å². The second kappa shape index (κ2) is 7.33. The molecule has 0 radical (unpaired) electrons. The molecule has 0 spiro atoms. The second-order valence-corrected chi connectivity index (χ2v) is 10.1. The van der Waals surface area contributed by atoms with Gasteiger partial charge in [0.05, 0.1) is 10.6 Å². The number of hydrogen-bond donors (Lipinski definition) is 0. The van der Waals surface area contributed by atoms with E-state index in [0.29, 0.717) is 30.1 Å². The van der Waals surface area contributed by atoms with Crippen molar-refractivity contribution in [3.8, 4) is 0 Å². The number of carbonyl (C=O) groups is 1. The standard InChI is InChI=1S/C20H27N3O4S/c1-14-18(15(2)27-21-14)19(24)22-10-12-23(13-11-22)28(25,26)17-8-6-16(7-9-17)20(3,4)5/h6-9H,10-13H2,1-5H3. The van der Waals surface area contributed by atoms with E-state index in [1.807, 2.05) is 12.1 Å². The van der Waals surface area contributed by atoms with E-state index >= 15 is 0 Å². The molecule has 1 aromatic heterocycles. The second-order valence-electron chi connectivity index (χ2n) is 8.17. The molecule has 1 aliphatic heterocycles. The summed E-state index contributed by atoms with van der Waals surface area (Å²) in [6.45, 7) is 10.9. The Balaban J connectivity index is 1.71. The maximum absolute atomic E-state index is 13.0. The van der Waals surface area contributed by atoms with E-state index in [-0.39, 0.29) is 29.3 Å². The summed E-state index contributed by atoms with van der Waals surface area (Å²) in [5.41, 5.74) is 2.07. The van der Waals surface area contributed by atoms with Gasteiger partial charge in [0.2, 0.25) is 10.0 Å². The number of hydrogen-bond acceptors (Lipinski definition) is 5. The van der Waals surface area contributed by atoms with E-state index in [2.05, 4.69) is 25.9 Å². The van der Waals surface area contributed by atoms with Crippen LogP contribution < -0.4 is 0 Å². The molecular weight excluding hydrogens is 378 g/mol. The highest BCUT2D eigenvalue weighted by Crippen LogP contribution is 2.25. The van der Waals surface area contributed by atoms with E-state index < -0.39 is 10.0 Å². The first kappa shape index (κ1) is 20.5. The molecule has 152 valence electrons. The van der Waals surface area contributed by atoms with Crippen molar-refractivity contribution >= 4 is 15.9 Å². The van der Waals surface area contributed by atoms with Gasteiger partial charge in [-0.15, -0.1) is 0 Å². The van der Waals surface area contributed by atoms with Gasteiger partial charge in [-0.3, -0.25) is 4.79 Å². The molecule has 0 N–H and O–H groups in total. The largest absolute Gasteiger partial charge is 0.361 e. The van der Waals surface area contributed by atoms with Crippen molar-refractivity contribution in [2.24, 2.45) is 0 Å². The van der Waals surface area contributed by atoms with Crippen LogP contribution in [-0.4, -0.2) is 54.9 Å². The monoisotopic (exact) mass is 405 g/mol. The third-order valence-corrected chi connectivity index (χ3v) is 7.04. The number of sulfonamides is 1. The van der Waals surface area contributed by atoms with Gasteiger partial charge in [-0.05, 0) is 37.0 Å². The number of amides is 1.